The van der Waals surface area contributed by atoms with E-state index in [4.69, 9.17) is 10.5 Å². The number of primary amides is 1. The van der Waals surface area contributed by atoms with Crippen molar-refractivity contribution in [2.45, 2.75) is 44.8 Å². The summed E-state index contributed by atoms with van der Waals surface area (Å²) in [5.74, 6) is -0.462. The van der Waals surface area contributed by atoms with E-state index < -0.39 is 5.91 Å². The van der Waals surface area contributed by atoms with Crippen molar-refractivity contribution in [3.63, 3.8) is 0 Å². The highest BCUT2D eigenvalue weighted by atomic mass is 32.1. The Morgan fingerprint density at radius 1 is 1.26 bits per heavy atom. The maximum absolute atomic E-state index is 12.9. The quantitative estimate of drug-likeness (QED) is 0.562. The summed E-state index contributed by atoms with van der Waals surface area (Å²) in [6, 6.07) is 10.6. The molecule has 8 nitrogen and oxygen atoms in total. The van der Waals surface area contributed by atoms with E-state index in [9.17, 15) is 14.9 Å². The predicted molar refractivity (Wildman–Crippen MR) is 126 cm³/mol. The molecule has 2 aliphatic carbocycles. The highest BCUT2D eigenvalue weighted by molar-refractivity contribution is 7.09. The van der Waals surface area contributed by atoms with Gasteiger partial charge in [0.25, 0.3) is 11.8 Å². The first-order chi connectivity index (χ1) is 16.3. The minimum absolute atomic E-state index is 0.0129. The van der Waals surface area contributed by atoms with Gasteiger partial charge in [-0.25, -0.2) is 9.97 Å². The van der Waals surface area contributed by atoms with Crippen molar-refractivity contribution in [2.75, 3.05) is 0 Å². The van der Waals surface area contributed by atoms with Crippen LogP contribution in [0.5, 0.6) is 5.88 Å². The van der Waals surface area contributed by atoms with E-state index in [1.807, 2.05) is 12.3 Å². The fraction of sp³-hybridized carbons (Fsp3) is 0.320. The second-order valence-electron chi connectivity index (χ2n) is 9.11. The Hall–Kier alpha value is -3.77. The van der Waals surface area contributed by atoms with Crippen molar-refractivity contribution in [2.24, 2.45) is 11.1 Å². The van der Waals surface area contributed by atoms with Crippen molar-refractivity contribution in [1.29, 1.82) is 5.26 Å². The zero-order valence-electron chi connectivity index (χ0n) is 18.6. The zero-order valence-corrected chi connectivity index (χ0v) is 19.4. The molecule has 2 aromatic heterocycles. The van der Waals surface area contributed by atoms with Crippen molar-refractivity contribution in [1.82, 2.24) is 15.3 Å². The Kier molecular flexibility index (Phi) is 5.54. The van der Waals surface area contributed by atoms with Crippen LogP contribution in [0.4, 0.5) is 0 Å². The summed E-state index contributed by atoms with van der Waals surface area (Å²) in [7, 11) is 0. The third-order valence-corrected chi connectivity index (χ3v) is 7.34. The number of pyridine rings is 1. The molecule has 34 heavy (non-hydrogen) atoms. The Bertz CT molecular complexity index is 1310. The van der Waals surface area contributed by atoms with Gasteiger partial charge in [0.15, 0.2) is 0 Å². The fourth-order valence-electron chi connectivity index (χ4n) is 4.98. The number of carbonyl (C=O) groups is 2. The molecular weight excluding hydrogens is 450 g/mol. The molecule has 5 rings (SSSR count). The monoisotopic (exact) mass is 473 g/mol. The highest BCUT2D eigenvalue weighted by Gasteiger charge is 2.54. The number of carbonyl (C=O) groups excluding carboxylic acids is 2. The minimum Gasteiger partial charge on any atom is -0.474 e. The number of benzene rings is 1. The maximum Gasteiger partial charge on any atom is 0.254 e. The summed E-state index contributed by atoms with van der Waals surface area (Å²) in [6.45, 7) is 1.92. The number of thiazole rings is 1. The van der Waals surface area contributed by atoms with E-state index in [-0.39, 0.29) is 34.9 Å². The van der Waals surface area contributed by atoms with Crippen molar-refractivity contribution >= 4 is 23.2 Å². The molecule has 3 N–H and O–H groups in total. The van der Waals surface area contributed by atoms with Crippen LogP contribution in [0.2, 0.25) is 0 Å². The SMILES string of the molecule is Cc1nc(-c2cc(C#N)cc(C(=O)NC3CC4(C3)CC(Oc3ncccc3C(N)=O)C4)c2)cs1. The maximum atomic E-state index is 12.9. The lowest BCUT2D eigenvalue weighted by molar-refractivity contribution is -0.0848. The Morgan fingerprint density at radius 2 is 2.06 bits per heavy atom. The van der Waals surface area contributed by atoms with Crippen LogP contribution < -0.4 is 15.8 Å². The number of aromatic nitrogens is 2. The number of nitrogens with zero attached hydrogens (tertiary/aromatic N) is 3. The van der Waals surface area contributed by atoms with Gasteiger partial charge in [-0.1, -0.05) is 0 Å². The van der Waals surface area contributed by atoms with E-state index in [0.717, 1.165) is 41.9 Å². The zero-order chi connectivity index (χ0) is 23.9. The lowest BCUT2D eigenvalue weighted by atomic mass is 9.53. The van der Waals surface area contributed by atoms with E-state index in [0.29, 0.717) is 11.1 Å². The lowest BCUT2D eigenvalue weighted by Crippen LogP contribution is -2.58. The van der Waals surface area contributed by atoms with Crippen LogP contribution in [0.15, 0.2) is 41.9 Å². The summed E-state index contributed by atoms with van der Waals surface area (Å²) in [4.78, 5) is 33.1. The second kappa shape index (κ2) is 8.54. The molecule has 172 valence electrons. The number of nitriles is 1. The molecule has 2 heterocycles. The predicted octanol–water partition coefficient (Wildman–Crippen LogP) is 3.60. The summed E-state index contributed by atoms with van der Waals surface area (Å²) >= 11 is 1.53. The van der Waals surface area contributed by atoms with Gasteiger partial charge in [0.05, 0.1) is 22.3 Å². The van der Waals surface area contributed by atoms with Crippen molar-refractivity contribution < 1.29 is 14.3 Å². The van der Waals surface area contributed by atoms with Gasteiger partial charge in [-0.15, -0.1) is 11.3 Å². The van der Waals surface area contributed by atoms with Crippen LogP contribution >= 0.6 is 11.3 Å². The Labute approximate surface area is 200 Å². The molecule has 0 unspecified atom stereocenters. The van der Waals surface area contributed by atoms with E-state index >= 15 is 0 Å². The van der Waals surface area contributed by atoms with Crippen molar-refractivity contribution in [3.05, 3.63) is 63.6 Å². The van der Waals surface area contributed by atoms with Crippen LogP contribution in [0, 0.1) is 23.7 Å². The van der Waals surface area contributed by atoms with Gasteiger partial charge in [-0.2, -0.15) is 5.26 Å². The molecule has 2 aliphatic rings. The molecule has 9 heteroatoms. The van der Waals surface area contributed by atoms with Gasteiger partial charge < -0.3 is 15.8 Å². The normalized spacial score (nSPS) is 22.8. The average molecular weight is 474 g/mol. The molecule has 0 atom stereocenters. The summed E-state index contributed by atoms with van der Waals surface area (Å²) in [5.41, 5.74) is 8.26. The molecule has 0 bridgehead atoms. The number of nitrogens with two attached hydrogens (primary N) is 1. The lowest BCUT2D eigenvalue weighted by Gasteiger charge is -2.57. The Balaban J connectivity index is 1.18. The molecule has 0 saturated heterocycles. The molecule has 0 aliphatic heterocycles. The molecule has 1 aromatic carbocycles. The third-order valence-electron chi connectivity index (χ3n) is 6.57. The number of rotatable bonds is 6. The molecule has 3 aromatic rings. The fourth-order valence-corrected chi connectivity index (χ4v) is 5.60. The van der Waals surface area contributed by atoms with Gasteiger partial charge in [-0.05, 0) is 68.4 Å². The summed E-state index contributed by atoms with van der Waals surface area (Å²) in [5, 5.41) is 15.4. The molecule has 0 radical (unpaired) electrons. The first-order valence-electron chi connectivity index (χ1n) is 11.0. The van der Waals surface area contributed by atoms with Crippen LogP contribution in [0.3, 0.4) is 0 Å². The van der Waals surface area contributed by atoms with Crippen molar-refractivity contribution in [3.8, 4) is 23.2 Å². The molecule has 2 fully saturated rings. The molecule has 1 spiro atoms. The van der Waals surface area contributed by atoms with E-state index in [2.05, 4.69) is 21.4 Å². The number of hydrogen-bond acceptors (Lipinski definition) is 7. The number of nitrogens with one attached hydrogen (secondary N) is 1. The van der Waals surface area contributed by atoms with Gasteiger partial charge in [-0.3, -0.25) is 9.59 Å². The molecular formula is C25H23N5O3S. The second-order valence-corrected chi connectivity index (χ2v) is 10.2. The largest absolute Gasteiger partial charge is 0.474 e. The highest BCUT2D eigenvalue weighted by Crippen LogP contribution is 2.56. The number of hydrogen-bond donors (Lipinski definition) is 2. The van der Waals surface area contributed by atoms with Crippen LogP contribution in [0.25, 0.3) is 11.3 Å². The standard InChI is InChI=1S/C25H23N5O3S/c1-14-29-21(13-34-14)16-5-15(12-26)6-17(7-16)23(32)30-18-8-25(9-18)10-19(11-25)33-24-20(22(27)31)3-2-4-28-24/h2-7,13,18-19H,8-11H2,1H3,(H2,27,31)(H,30,32). The summed E-state index contributed by atoms with van der Waals surface area (Å²) in [6.07, 6.45) is 5.02. The van der Waals surface area contributed by atoms with Crippen LogP contribution in [-0.4, -0.2) is 33.9 Å². The molecule has 2 amide bonds. The minimum atomic E-state index is -0.558. The van der Waals surface area contributed by atoms with Crippen LogP contribution in [-0.2, 0) is 0 Å². The summed E-state index contributed by atoms with van der Waals surface area (Å²) < 4.78 is 5.91. The average Bonchev–Trinajstić information content (AvgIpc) is 3.22. The number of aryl methyl sites for hydroxylation is 1. The van der Waals surface area contributed by atoms with Crippen LogP contribution in [0.1, 0.15) is 57.0 Å². The Morgan fingerprint density at radius 3 is 2.74 bits per heavy atom. The van der Waals surface area contributed by atoms with E-state index in [1.54, 1.807) is 36.5 Å². The first-order valence-corrected chi connectivity index (χ1v) is 11.9. The smallest absolute Gasteiger partial charge is 0.254 e. The topological polar surface area (TPSA) is 131 Å². The third kappa shape index (κ3) is 4.24. The van der Waals surface area contributed by atoms with Gasteiger partial charge in [0.2, 0.25) is 5.88 Å². The number of amides is 2. The van der Waals surface area contributed by atoms with Gasteiger partial charge >= 0.3 is 0 Å². The van der Waals surface area contributed by atoms with Gasteiger partial charge in [0.1, 0.15) is 11.7 Å². The van der Waals surface area contributed by atoms with E-state index in [1.165, 1.54) is 11.3 Å². The van der Waals surface area contributed by atoms with Gasteiger partial charge in [0, 0.05) is 28.7 Å². The molecule has 2 saturated carbocycles. The number of ether oxygens (including phenoxy) is 1. The first kappa shape index (κ1) is 22.0.